The van der Waals surface area contributed by atoms with E-state index in [1.165, 1.54) is 0 Å². The van der Waals surface area contributed by atoms with E-state index in [-0.39, 0.29) is 5.41 Å². The number of ether oxygens (including phenoxy) is 1. The molecule has 0 bridgehead atoms. The van der Waals surface area contributed by atoms with E-state index >= 15 is 0 Å². The van der Waals surface area contributed by atoms with Crippen LogP contribution in [0.4, 0.5) is 5.82 Å². The second kappa shape index (κ2) is 3.48. The molecule has 0 aliphatic carbocycles. The molecule has 0 saturated heterocycles. The number of pyridine rings is 1. The summed E-state index contributed by atoms with van der Waals surface area (Å²) < 4.78 is 5.29. The number of nitrogen functional groups attached to an aromatic ring is 1. The van der Waals surface area contributed by atoms with Crippen LogP contribution in [0, 0.1) is 6.92 Å². The maximum absolute atomic E-state index is 5.77. The number of nitrogens with two attached hydrogens (primary N) is 1. The van der Waals surface area contributed by atoms with Crippen LogP contribution in [0.15, 0.2) is 6.07 Å². The van der Waals surface area contributed by atoms with Gasteiger partial charge in [0.1, 0.15) is 11.6 Å². The molecule has 0 radical (unpaired) electrons. The van der Waals surface area contributed by atoms with Gasteiger partial charge in [0.05, 0.1) is 12.8 Å². The molecule has 3 nitrogen and oxygen atoms in total. The Morgan fingerprint density at radius 1 is 1.36 bits per heavy atom. The first-order valence-electron chi connectivity index (χ1n) is 4.68. The Bertz CT molecular complexity index is 340. The van der Waals surface area contributed by atoms with Crippen molar-refractivity contribution < 1.29 is 4.74 Å². The molecule has 0 aliphatic rings. The van der Waals surface area contributed by atoms with Crippen LogP contribution in [-0.2, 0) is 5.41 Å². The fourth-order valence-corrected chi connectivity index (χ4v) is 1.30. The monoisotopic (exact) mass is 194 g/mol. The molecule has 3 heteroatoms. The lowest BCUT2D eigenvalue weighted by Gasteiger charge is -2.21. The second-order valence-electron chi connectivity index (χ2n) is 4.49. The first-order valence-corrected chi connectivity index (χ1v) is 4.68. The van der Waals surface area contributed by atoms with Gasteiger partial charge in [-0.3, -0.25) is 0 Å². The summed E-state index contributed by atoms with van der Waals surface area (Å²) >= 11 is 0. The molecule has 0 atom stereocenters. The standard InChI is InChI=1S/C11H18N2O/c1-7-6-8(14-5)9(11(2,3)4)13-10(7)12/h6H,1-5H3,(H2,12,13). The van der Waals surface area contributed by atoms with Gasteiger partial charge in [-0.2, -0.15) is 0 Å². The lowest BCUT2D eigenvalue weighted by atomic mass is 9.90. The summed E-state index contributed by atoms with van der Waals surface area (Å²) in [7, 11) is 1.65. The van der Waals surface area contributed by atoms with Gasteiger partial charge in [-0.05, 0) is 18.6 Å². The van der Waals surface area contributed by atoms with Crippen molar-refractivity contribution in [2.24, 2.45) is 0 Å². The van der Waals surface area contributed by atoms with Crippen molar-refractivity contribution in [2.75, 3.05) is 12.8 Å². The zero-order valence-corrected chi connectivity index (χ0v) is 9.51. The van der Waals surface area contributed by atoms with E-state index in [0.29, 0.717) is 5.82 Å². The lowest BCUT2D eigenvalue weighted by Crippen LogP contribution is -2.16. The van der Waals surface area contributed by atoms with Gasteiger partial charge in [0.25, 0.3) is 0 Å². The molecular formula is C11H18N2O. The Morgan fingerprint density at radius 3 is 2.36 bits per heavy atom. The van der Waals surface area contributed by atoms with Crippen LogP contribution < -0.4 is 10.5 Å². The zero-order valence-electron chi connectivity index (χ0n) is 9.51. The van der Waals surface area contributed by atoms with Crippen LogP contribution >= 0.6 is 0 Å². The molecular weight excluding hydrogens is 176 g/mol. The first kappa shape index (κ1) is 10.8. The minimum Gasteiger partial charge on any atom is -0.495 e. The molecule has 0 fully saturated rings. The first-order chi connectivity index (χ1) is 6.36. The Kier molecular flexibility index (Phi) is 2.69. The SMILES string of the molecule is COc1cc(C)c(N)nc1C(C)(C)C. The zero-order chi connectivity index (χ0) is 10.9. The molecule has 0 spiro atoms. The number of anilines is 1. The summed E-state index contributed by atoms with van der Waals surface area (Å²) in [5.74, 6) is 1.39. The summed E-state index contributed by atoms with van der Waals surface area (Å²) in [6, 6.07) is 1.93. The van der Waals surface area contributed by atoms with E-state index in [0.717, 1.165) is 17.0 Å². The average Bonchev–Trinajstić information content (AvgIpc) is 2.07. The van der Waals surface area contributed by atoms with E-state index in [4.69, 9.17) is 10.5 Å². The third-order valence-corrected chi connectivity index (χ3v) is 2.15. The molecule has 1 aromatic heterocycles. The molecule has 0 aromatic carbocycles. The smallest absolute Gasteiger partial charge is 0.141 e. The van der Waals surface area contributed by atoms with Crippen molar-refractivity contribution in [3.05, 3.63) is 17.3 Å². The third kappa shape index (κ3) is 1.97. The van der Waals surface area contributed by atoms with E-state index in [9.17, 15) is 0 Å². The molecule has 0 amide bonds. The summed E-state index contributed by atoms with van der Waals surface area (Å²) in [6.45, 7) is 8.20. The van der Waals surface area contributed by atoms with Gasteiger partial charge in [0.2, 0.25) is 0 Å². The summed E-state index contributed by atoms with van der Waals surface area (Å²) in [6.07, 6.45) is 0. The topological polar surface area (TPSA) is 48.1 Å². The van der Waals surface area contributed by atoms with Gasteiger partial charge in [0, 0.05) is 5.41 Å². The molecule has 0 saturated carbocycles. The number of aromatic nitrogens is 1. The number of hydrogen-bond acceptors (Lipinski definition) is 3. The van der Waals surface area contributed by atoms with Crippen LogP contribution in [0.5, 0.6) is 5.75 Å². The largest absolute Gasteiger partial charge is 0.495 e. The maximum atomic E-state index is 5.77. The van der Waals surface area contributed by atoms with Crippen molar-refractivity contribution in [3.8, 4) is 5.75 Å². The highest BCUT2D eigenvalue weighted by Crippen LogP contribution is 2.31. The highest BCUT2D eigenvalue weighted by molar-refractivity contribution is 5.47. The molecule has 1 rings (SSSR count). The fraction of sp³-hybridized carbons (Fsp3) is 0.545. The lowest BCUT2D eigenvalue weighted by molar-refractivity contribution is 0.392. The molecule has 14 heavy (non-hydrogen) atoms. The van der Waals surface area contributed by atoms with Gasteiger partial charge in [0.15, 0.2) is 0 Å². The number of hydrogen-bond donors (Lipinski definition) is 1. The molecule has 2 N–H and O–H groups in total. The fourth-order valence-electron chi connectivity index (χ4n) is 1.30. The van der Waals surface area contributed by atoms with Crippen molar-refractivity contribution in [3.63, 3.8) is 0 Å². The van der Waals surface area contributed by atoms with Gasteiger partial charge in [-0.15, -0.1) is 0 Å². The average molecular weight is 194 g/mol. The molecule has 0 aliphatic heterocycles. The van der Waals surface area contributed by atoms with Gasteiger partial charge in [-0.25, -0.2) is 4.98 Å². The summed E-state index contributed by atoms with van der Waals surface area (Å²) in [5, 5.41) is 0. The number of aryl methyl sites for hydroxylation is 1. The predicted octanol–water partition coefficient (Wildman–Crippen LogP) is 2.28. The summed E-state index contributed by atoms with van der Waals surface area (Å²) in [5.41, 5.74) is 7.59. The Hall–Kier alpha value is -1.25. The van der Waals surface area contributed by atoms with Crippen LogP contribution in [-0.4, -0.2) is 12.1 Å². The third-order valence-electron chi connectivity index (χ3n) is 2.15. The van der Waals surface area contributed by atoms with Crippen molar-refractivity contribution >= 4 is 5.82 Å². The number of nitrogens with zero attached hydrogens (tertiary/aromatic N) is 1. The highest BCUT2D eigenvalue weighted by atomic mass is 16.5. The Labute approximate surface area is 85.3 Å². The Balaban J connectivity index is 3.35. The van der Waals surface area contributed by atoms with Crippen LogP contribution in [0.1, 0.15) is 32.0 Å². The number of rotatable bonds is 1. The minimum atomic E-state index is -0.0484. The second-order valence-corrected chi connectivity index (χ2v) is 4.49. The van der Waals surface area contributed by atoms with Crippen molar-refractivity contribution in [1.29, 1.82) is 0 Å². The quantitative estimate of drug-likeness (QED) is 0.746. The van der Waals surface area contributed by atoms with Gasteiger partial charge < -0.3 is 10.5 Å². The van der Waals surface area contributed by atoms with Crippen molar-refractivity contribution in [2.45, 2.75) is 33.1 Å². The maximum Gasteiger partial charge on any atom is 0.141 e. The van der Waals surface area contributed by atoms with Gasteiger partial charge in [-0.1, -0.05) is 20.8 Å². The molecule has 0 unspecified atom stereocenters. The molecule has 78 valence electrons. The highest BCUT2D eigenvalue weighted by Gasteiger charge is 2.21. The summed E-state index contributed by atoms with van der Waals surface area (Å²) in [4.78, 5) is 4.37. The van der Waals surface area contributed by atoms with Crippen LogP contribution in [0.2, 0.25) is 0 Å². The van der Waals surface area contributed by atoms with Crippen LogP contribution in [0.25, 0.3) is 0 Å². The Morgan fingerprint density at radius 2 is 1.93 bits per heavy atom. The van der Waals surface area contributed by atoms with E-state index in [1.54, 1.807) is 7.11 Å². The van der Waals surface area contributed by atoms with Gasteiger partial charge >= 0.3 is 0 Å². The predicted molar refractivity (Wildman–Crippen MR) is 58.6 cm³/mol. The van der Waals surface area contributed by atoms with E-state index in [1.807, 2.05) is 13.0 Å². The van der Waals surface area contributed by atoms with Crippen molar-refractivity contribution in [1.82, 2.24) is 4.98 Å². The van der Waals surface area contributed by atoms with E-state index in [2.05, 4.69) is 25.8 Å². The molecule has 1 heterocycles. The number of methoxy groups -OCH3 is 1. The normalized spacial score (nSPS) is 11.5. The minimum absolute atomic E-state index is 0.0484. The molecule has 1 aromatic rings. The van der Waals surface area contributed by atoms with E-state index < -0.39 is 0 Å². The van der Waals surface area contributed by atoms with Crippen LogP contribution in [0.3, 0.4) is 0 Å².